The molecule has 2 amide bonds. The van der Waals surface area contributed by atoms with Crippen LogP contribution in [0.15, 0.2) is 47.5 Å². The van der Waals surface area contributed by atoms with Crippen molar-refractivity contribution in [2.75, 3.05) is 24.3 Å². The molecular formula is C21H16N4O4S. The number of nitrogens with zero attached hydrogens (tertiary/aromatic N) is 2. The molecule has 3 aromatic rings. The molecule has 0 saturated heterocycles. The number of benzene rings is 2. The van der Waals surface area contributed by atoms with Crippen LogP contribution in [0.25, 0.3) is 10.9 Å². The average Bonchev–Trinajstić information content (AvgIpc) is 2.75. The standard InChI is InChI=1S/C21H16N4O4S/c22-10-13-7-12-8-17-18(29-6-5-28-17)9-16(12)25-21(13)30-11-19(26)24-15-4-2-1-3-14(15)20(23)27/h1-4,7-9H,5-6,11H2,(H2,23,27)(H,24,26). The number of nitriles is 1. The predicted molar refractivity (Wildman–Crippen MR) is 112 cm³/mol. The summed E-state index contributed by atoms with van der Waals surface area (Å²) < 4.78 is 11.2. The van der Waals surface area contributed by atoms with Crippen molar-refractivity contribution in [2.24, 2.45) is 5.73 Å². The Morgan fingerprint density at radius 3 is 2.63 bits per heavy atom. The summed E-state index contributed by atoms with van der Waals surface area (Å²) >= 11 is 1.13. The van der Waals surface area contributed by atoms with Gasteiger partial charge in [0.1, 0.15) is 24.3 Å². The number of nitrogens with two attached hydrogens (primary N) is 1. The lowest BCUT2D eigenvalue weighted by Crippen LogP contribution is -2.19. The van der Waals surface area contributed by atoms with E-state index in [0.717, 1.165) is 17.1 Å². The molecule has 3 N–H and O–H groups in total. The maximum atomic E-state index is 12.4. The molecule has 0 spiro atoms. The fourth-order valence-electron chi connectivity index (χ4n) is 3.01. The molecule has 2 heterocycles. The van der Waals surface area contributed by atoms with Crippen LogP contribution in [0.1, 0.15) is 15.9 Å². The first-order valence-electron chi connectivity index (χ1n) is 9.01. The molecule has 30 heavy (non-hydrogen) atoms. The van der Waals surface area contributed by atoms with Gasteiger partial charge in [0.15, 0.2) is 11.5 Å². The van der Waals surface area contributed by atoms with Crippen molar-refractivity contribution in [1.29, 1.82) is 5.26 Å². The molecule has 8 nitrogen and oxygen atoms in total. The Hall–Kier alpha value is -3.77. The minimum Gasteiger partial charge on any atom is -0.486 e. The second-order valence-corrected chi connectivity index (χ2v) is 7.35. The lowest BCUT2D eigenvalue weighted by molar-refractivity contribution is -0.113. The van der Waals surface area contributed by atoms with Crippen molar-refractivity contribution < 1.29 is 19.1 Å². The van der Waals surface area contributed by atoms with Crippen LogP contribution in [-0.2, 0) is 4.79 Å². The second kappa shape index (κ2) is 8.31. The lowest BCUT2D eigenvalue weighted by atomic mass is 10.1. The highest BCUT2D eigenvalue weighted by molar-refractivity contribution is 8.00. The van der Waals surface area contributed by atoms with Crippen LogP contribution in [0.5, 0.6) is 11.5 Å². The van der Waals surface area contributed by atoms with E-state index < -0.39 is 5.91 Å². The fraction of sp³-hybridized carbons (Fsp3) is 0.143. The Morgan fingerprint density at radius 1 is 1.17 bits per heavy atom. The van der Waals surface area contributed by atoms with Gasteiger partial charge in [0, 0.05) is 11.5 Å². The van der Waals surface area contributed by atoms with Crippen LogP contribution >= 0.6 is 11.8 Å². The number of amides is 2. The average molecular weight is 420 g/mol. The third kappa shape index (κ3) is 3.99. The molecular weight excluding hydrogens is 404 g/mol. The molecule has 0 atom stereocenters. The van der Waals surface area contributed by atoms with E-state index in [4.69, 9.17) is 15.2 Å². The summed E-state index contributed by atoms with van der Waals surface area (Å²) in [6.07, 6.45) is 0. The van der Waals surface area contributed by atoms with Gasteiger partial charge in [0.25, 0.3) is 5.91 Å². The van der Waals surface area contributed by atoms with Gasteiger partial charge in [-0.15, -0.1) is 0 Å². The number of ether oxygens (including phenoxy) is 2. The highest BCUT2D eigenvalue weighted by Crippen LogP contribution is 2.35. The molecule has 2 aromatic carbocycles. The minimum atomic E-state index is -0.629. The van der Waals surface area contributed by atoms with Crippen LogP contribution in [0, 0.1) is 11.3 Å². The molecule has 1 aromatic heterocycles. The van der Waals surface area contributed by atoms with Crippen molar-refractivity contribution in [2.45, 2.75) is 5.03 Å². The number of hydrogen-bond acceptors (Lipinski definition) is 7. The van der Waals surface area contributed by atoms with E-state index in [-0.39, 0.29) is 17.2 Å². The van der Waals surface area contributed by atoms with E-state index in [1.165, 1.54) is 6.07 Å². The van der Waals surface area contributed by atoms with E-state index >= 15 is 0 Å². The number of rotatable bonds is 5. The van der Waals surface area contributed by atoms with Gasteiger partial charge < -0.3 is 20.5 Å². The molecule has 0 unspecified atom stereocenters. The number of aromatic nitrogens is 1. The quantitative estimate of drug-likeness (QED) is 0.608. The summed E-state index contributed by atoms with van der Waals surface area (Å²) in [5, 5.41) is 13.4. The van der Waals surface area contributed by atoms with Crippen LogP contribution in [0.3, 0.4) is 0 Å². The number of primary amides is 1. The maximum Gasteiger partial charge on any atom is 0.250 e. The topological polar surface area (TPSA) is 127 Å². The zero-order chi connectivity index (χ0) is 21.1. The molecule has 9 heteroatoms. The van der Waals surface area contributed by atoms with E-state index in [1.807, 2.05) is 0 Å². The number of pyridine rings is 1. The number of anilines is 1. The van der Waals surface area contributed by atoms with Crippen molar-refractivity contribution >= 4 is 40.2 Å². The molecule has 4 rings (SSSR count). The molecule has 1 aliphatic heterocycles. The fourth-order valence-corrected chi connectivity index (χ4v) is 3.77. The van der Waals surface area contributed by atoms with Crippen LogP contribution < -0.4 is 20.5 Å². The highest BCUT2D eigenvalue weighted by Gasteiger charge is 2.17. The SMILES string of the molecule is N#Cc1cc2cc3c(cc2nc1SCC(=O)Nc1ccccc1C(N)=O)OCCO3. The Balaban J connectivity index is 1.54. The number of carbonyl (C=O) groups excluding carboxylic acids is 2. The van der Waals surface area contributed by atoms with Crippen LogP contribution in [0.2, 0.25) is 0 Å². The molecule has 0 bridgehead atoms. The monoisotopic (exact) mass is 420 g/mol. The van der Waals surface area contributed by atoms with Gasteiger partial charge in [0.05, 0.1) is 28.1 Å². The van der Waals surface area contributed by atoms with Crippen molar-refractivity contribution in [3.8, 4) is 17.6 Å². The van der Waals surface area contributed by atoms with Gasteiger partial charge >= 0.3 is 0 Å². The first-order chi connectivity index (χ1) is 14.5. The highest BCUT2D eigenvalue weighted by atomic mass is 32.2. The van der Waals surface area contributed by atoms with Gasteiger partial charge in [-0.25, -0.2) is 4.98 Å². The zero-order valence-electron chi connectivity index (χ0n) is 15.7. The second-order valence-electron chi connectivity index (χ2n) is 6.39. The first-order valence-corrected chi connectivity index (χ1v) is 9.99. The molecule has 0 fully saturated rings. The van der Waals surface area contributed by atoms with E-state index in [2.05, 4.69) is 16.4 Å². The van der Waals surface area contributed by atoms with Gasteiger partial charge in [-0.2, -0.15) is 5.26 Å². The molecule has 0 aliphatic carbocycles. The molecule has 150 valence electrons. The normalized spacial score (nSPS) is 12.2. The number of thioether (sulfide) groups is 1. The van der Waals surface area contributed by atoms with E-state index in [9.17, 15) is 14.9 Å². The number of hydrogen-bond donors (Lipinski definition) is 2. The Morgan fingerprint density at radius 2 is 1.90 bits per heavy atom. The summed E-state index contributed by atoms with van der Waals surface area (Å²) in [5.74, 6) is 0.248. The Bertz CT molecular complexity index is 1210. The van der Waals surface area contributed by atoms with Crippen molar-refractivity contribution in [1.82, 2.24) is 4.98 Å². The van der Waals surface area contributed by atoms with E-state index in [1.54, 1.807) is 36.4 Å². The third-order valence-corrected chi connectivity index (χ3v) is 5.36. The third-order valence-electron chi connectivity index (χ3n) is 4.37. The van der Waals surface area contributed by atoms with Crippen LogP contribution in [-0.4, -0.2) is 35.8 Å². The van der Waals surface area contributed by atoms with Crippen LogP contribution in [0.4, 0.5) is 5.69 Å². The molecule has 0 saturated carbocycles. The van der Waals surface area contributed by atoms with Gasteiger partial charge in [-0.3, -0.25) is 9.59 Å². The lowest BCUT2D eigenvalue weighted by Gasteiger charge is -2.18. The smallest absolute Gasteiger partial charge is 0.250 e. The Labute approximate surface area is 176 Å². The largest absolute Gasteiger partial charge is 0.486 e. The van der Waals surface area contributed by atoms with Gasteiger partial charge in [-0.1, -0.05) is 23.9 Å². The summed E-state index contributed by atoms with van der Waals surface area (Å²) in [6, 6.07) is 13.9. The molecule has 0 radical (unpaired) electrons. The predicted octanol–water partition coefficient (Wildman–Crippen LogP) is 2.71. The number of fused-ring (bicyclic) bond motifs is 2. The maximum absolute atomic E-state index is 12.4. The summed E-state index contributed by atoms with van der Waals surface area (Å²) in [5.41, 5.74) is 6.89. The summed E-state index contributed by atoms with van der Waals surface area (Å²) in [6.45, 7) is 0.933. The van der Waals surface area contributed by atoms with Gasteiger partial charge in [-0.05, 0) is 24.3 Å². The first kappa shape index (κ1) is 19.5. The van der Waals surface area contributed by atoms with Crippen molar-refractivity contribution in [3.05, 3.63) is 53.6 Å². The summed E-state index contributed by atoms with van der Waals surface area (Å²) in [7, 11) is 0. The number of para-hydroxylation sites is 1. The number of nitrogens with one attached hydrogen (secondary N) is 1. The minimum absolute atomic E-state index is 0.00480. The zero-order valence-corrected chi connectivity index (χ0v) is 16.5. The van der Waals surface area contributed by atoms with Crippen molar-refractivity contribution in [3.63, 3.8) is 0 Å². The molecule has 1 aliphatic rings. The summed E-state index contributed by atoms with van der Waals surface area (Å²) in [4.78, 5) is 28.4. The van der Waals surface area contributed by atoms with Gasteiger partial charge in [0.2, 0.25) is 5.91 Å². The number of carbonyl (C=O) groups is 2. The van der Waals surface area contributed by atoms with E-state index in [0.29, 0.717) is 46.5 Å². The Kier molecular flexibility index (Phi) is 5.41.